The first-order valence-corrected chi connectivity index (χ1v) is 5.26. The van der Waals surface area contributed by atoms with E-state index in [1.54, 1.807) is 6.20 Å². The number of imidazole rings is 1. The molecule has 0 saturated heterocycles. The van der Waals surface area contributed by atoms with E-state index in [2.05, 4.69) is 40.1 Å². The van der Waals surface area contributed by atoms with Crippen molar-refractivity contribution in [3.8, 4) is 0 Å². The van der Waals surface area contributed by atoms with Gasteiger partial charge in [0.2, 0.25) is 0 Å². The number of hydrogen-bond donors (Lipinski definition) is 2. The van der Waals surface area contributed by atoms with E-state index >= 15 is 0 Å². The van der Waals surface area contributed by atoms with Crippen LogP contribution in [0, 0.1) is 5.92 Å². The summed E-state index contributed by atoms with van der Waals surface area (Å²) in [5.74, 6) is 2.03. The Morgan fingerprint density at radius 1 is 1.25 bits per heavy atom. The lowest BCUT2D eigenvalue weighted by Crippen LogP contribution is -1.99. The van der Waals surface area contributed by atoms with Crippen LogP contribution in [-0.4, -0.2) is 15.0 Å². The third kappa shape index (κ3) is 1.41. The van der Waals surface area contributed by atoms with E-state index in [1.807, 2.05) is 18.3 Å². The number of benzene rings is 1. The second kappa shape index (κ2) is 3.52. The maximum atomic E-state index is 4.25. The highest BCUT2D eigenvalue weighted by molar-refractivity contribution is 5.81. The summed E-state index contributed by atoms with van der Waals surface area (Å²) in [7, 11) is 0. The van der Waals surface area contributed by atoms with Crippen molar-refractivity contribution in [3.05, 3.63) is 60.2 Å². The van der Waals surface area contributed by atoms with E-state index in [0.717, 1.165) is 23.0 Å². The number of aromatic amines is 2. The molecule has 0 unspecified atom stereocenters. The minimum absolute atomic E-state index is 0.909. The molecule has 3 aromatic rings. The average Bonchev–Trinajstić information content (AvgIpc) is 2.97. The average molecular weight is 210 g/mol. The molecule has 79 valence electrons. The Bertz CT molecular complexity index is 559. The summed E-state index contributed by atoms with van der Waals surface area (Å²) in [6, 6.07) is 10.4. The van der Waals surface area contributed by atoms with Crippen LogP contribution in [0.4, 0.5) is 0 Å². The van der Waals surface area contributed by atoms with Gasteiger partial charge in [-0.1, -0.05) is 18.2 Å². The monoisotopic (exact) mass is 210 g/mol. The highest BCUT2D eigenvalue weighted by Gasteiger charge is 2.13. The fourth-order valence-electron chi connectivity index (χ4n) is 1.87. The molecule has 0 saturated carbocycles. The first-order valence-electron chi connectivity index (χ1n) is 5.26. The van der Waals surface area contributed by atoms with Gasteiger partial charge in [-0.25, -0.2) is 4.98 Å². The molecule has 0 atom stereocenters. The number of nitrogens with one attached hydrogen (secondary N) is 2. The topological polar surface area (TPSA) is 44.5 Å². The van der Waals surface area contributed by atoms with Crippen molar-refractivity contribution in [2.24, 2.45) is 0 Å². The number of nitrogens with zero attached hydrogens (tertiary/aromatic N) is 1. The SMILES string of the molecule is C[C](c1cc2ccccc2[nH]1)c1ncc[nH]1. The minimum atomic E-state index is 0.909. The van der Waals surface area contributed by atoms with Crippen LogP contribution in [0.1, 0.15) is 18.4 Å². The lowest BCUT2D eigenvalue weighted by atomic mass is 10.1. The molecule has 0 fully saturated rings. The lowest BCUT2D eigenvalue weighted by molar-refractivity contribution is 1.02. The van der Waals surface area contributed by atoms with E-state index in [0.29, 0.717) is 0 Å². The predicted molar refractivity (Wildman–Crippen MR) is 64.0 cm³/mol. The molecular formula is C13H12N3. The van der Waals surface area contributed by atoms with Crippen LogP contribution in [0.3, 0.4) is 0 Å². The molecule has 16 heavy (non-hydrogen) atoms. The molecule has 3 rings (SSSR count). The third-order valence-corrected chi connectivity index (χ3v) is 2.79. The van der Waals surface area contributed by atoms with Crippen molar-refractivity contribution < 1.29 is 0 Å². The Kier molecular flexibility index (Phi) is 2.03. The number of hydrogen-bond acceptors (Lipinski definition) is 1. The Balaban J connectivity index is 2.06. The Morgan fingerprint density at radius 3 is 2.88 bits per heavy atom. The standard InChI is InChI=1S/C13H12N3/c1-9(13-14-6-7-15-13)12-8-10-4-2-3-5-11(10)16-12/h2-8,16H,1H3,(H,14,15). The van der Waals surface area contributed by atoms with Crippen molar-refractivity contribution in [2.45, 2.75) is 6.92 Å². The molecule has 0 bridgehead atoms. The van der Waals surface area contributed by atoms with Gasteiger partial charge in [0.05, 0.1) is 5.92 Å². The van der Waals surface area contributed by atoms with Crippen LogP contribution in [0.5, 0.6) is 0 Å². The number of H-pyrrole nitrogens is 2. The van der Waals surface area contributed by atoms with Crippen molar-refractivity contribution in [3.63, 3.8) is 0 Å². The molecular weight excluding hydrogens is 198 g/mol. The second-order valence-corrected chi connectivity index (χ2v) is 3.83. The number of rotatable bonds is 2. The van der Waals surface area contributed by atoms with Crippen molar-refractivity contribution in [2.75, 3.05) is 0 Å². The van der Waals surface area contributed by atoms with Gasteiger partial charge in [-0.3, -0.25) is 0 Å². The summed E-state index contributed by atoms with van der Waals surface area (Å²) in [6.45, 7) is 2.06. The summed E-state index contributed by atoms with van der Waals surface area (Å²) in [5.41, 5.74) is 2.26. The van der Waals surface area contributed by atoms with Crippen molar-refractivity contribution in [1.29, 1.82) is 0 Å². The van der Waals surface area contributed by atoms with Gasteiger partial charge < -0.3 is 9.97 Å². The highest BCUT2D eigenvalue weighted by Crippen LogP contribution is 2.23. The summed E-state index contributed by atoms with van der Waals surface area (Å²) < 4.78 is 0. The fourth-order valence-corrected chi connectivity index (χ4v) is 1.87. The van der Waals surface area contributed by atoms with Crippen LogP contribution in [0.2, 0.25) is 0 Å². The van der Waals surface area contributed by atoms with Gasteiger partial charge in [-0.2, -0.15) is 0 Å². The molecule has 1 radical (unpaired) electrons. The van der Waals surface area contributed by atoms with Gasteiger partial charge in [-0.05, 0) is 24.4 Å². The molecule has 0 aliphatic rings. The molecule has 0 amide bonds. The molecule has 3 nitrogen and oxygen atoms in total. The minimum Gasteiger partial charge on any atom is -0.358 e. The van der Waals surface area contributed by atoms with Crippen LogP contribution in [0.25, 0.3) is 10.9 Å². The van der Waals surface area contributed by atoms with E-state index in [9.17, 15) is 0 Å². The molecule has 2 heterocycles. The van der Waals surface area contributed by atoms with Crippen molar-refractivity contribution >= 4 is 10.9 Å². The van der Waals surface area contributed by atoms with E-state index in [1.165, 1.54) is 5.39 Å². The molecule has 2 N–H and O–H groups in total. The summed E-state index contributed by atoms with van der Waals surface area (Å²) in [5, 5.41) is 1.23. The van der Waals surface area contributed by atoms with Gasteiger partial charge in [0.15, 0.2) is 0 Å². The second-order valence-electron chi connectivity index (χ2n) is 3.83. The molecule has 2 aromatic heterocycles. The maximum Gasteiger partial charge on any atom is 0.119 e. The summed E-state index contributed by atoms with van der Waals surface area (Å²) in [4.78, 5) is 10.7. The third-order valence-electron chi connectivity index (χ3n) is 2.79. The van der Waals surface area contributed by atoms with Gasteiger partial charge in [0.1, 0.15) is 5.82 Å². The first-order chi connectivity index (χ1) is 7.84. The summed E-state index contributed by atoms with van der Waals surface area (Å²) in [6.07, 6.45) is 3.60. The van der Waals surface area contributed by atoms with Gasteiger partial charge in [0.25, 0.3) is 0 Å². The fraction of sp³-hybridized carbons (Fsp3) is 0.0769. The van der Waals surface area contributed by atoms with E-state index in [-0.39, 0.29) is 0 Å². The zero-order valence-corrected chi connectivity index (χ0v) is 8.99. The Morgan fingerprint density at radius 2 is 2.12 bits per heavy atom. The van der Waals surface area contributed by atoms with Crippen LogP contribution < -0.4 is 0 Å². The zero-order chi connectivity index (χ0) is 11.0. The number of para-hydroxylation sites is 1. The van der Waals surface area contributed by atoms with E-state index in [4.69, 9.17) is 0 Å². The van der Waals surface area contributed by atoms with Crippen LogP contribution in [-0.2, 0) is 0 Å². The predicted octanol–water partition coefficient (Wildman–Crippen LogP) is 2.88. The molecule has 0 spiro atoms. The van der Waals surface area contributed by atoms with Gasteiger partial charge >= 0.3 is 0 Å². The molecule has 3 heteroatoms. The Labute approximate surface area is 93.5 Å². The first kappa shape index (κ1) is 9.21. The number of fused-ring (bicyclic) bond motifs is 1. The number of aromatic nitrogens is 3. The summed E-state index contributed by atoms with van der Waals surface area (Å²) >= 11 is 0. The lowest BCUT2D eigenvalue weighted by Gasteiger charge is -2.03. The smallest absolute Gasteiger partial charge is 0.119 e. The largest absolute Gasteiger partial charge is 0.358 e. The molecule has 1 aromatic carbocycles. The van der Waals surface area contributed by atoms with Crippen molar-refractivity contribution in [1.82, 2.24) is 15.0 Å². The van der Waals surface area contributed by atoms with E-state index < -0.39 is 0 Å². The normalized spacial score (nSPS) is 11.4. The van der Waals surface area contributed by atoms with Gasteiger partial charge in [-0.15, -0.1) is 0 Å². The quantitative estimate of drug-likeness (QED) is 0.671. The Hall–Kier alpha value is -2.03. The van der Waals surface area contributed by atoms with Crippen LogP contribution in [0.15, 0.2) is 42.7 Å². The highest BCUT2D eigenvalue weighted by atomic mass is 14.9. The zero-order valence-electron chi connectivity index (χ0n) is 8.99. The van der Waals surface area contributed by atoms with Crippen LogP contribution >= 0.6 is 0 Å². The maximum absolute atomic E-state index is 4.25. The molecule has 0 aliphatic carbocycles. The molecule has 0 aliphatic heterocycles. The van der Waals surface area contributed by atoms with Gasteiger partial charge in [0, 0.05) is 23.6 Å².